The second-order valence-corrected chi connectivity index (χ2v) is 9.72. The minimum atomic E-state index is -1.51. The number of fused-ring (bicyclic) bond motifs is 1. The second-order valence-electron chi connectivity index (χ2n) is 8.65. The van der Waals surface area contributed by atoms with Crippen molar-refractivity contribution in [1.29, 1.82) is 5.41 Å². The lowest BCUT2D eigenvalue weighted by molar-refractivity contribution is 0.0951. The van der Waals surface area contributed by atoms with Crippen LogP contribution in [0.1, 0.15) is 33.5 Å². The number of nitrogens with one attached hydrogen (secondary N) is 3. The van der Waals surface area contributed by atoms with Crippen LogP contribution < -0.4 is 20.7 Å². The zero-order valence-corrected chi connectivity index (χ0v) is 21.1. The lowest BCUT2D eigenvalue weighted by Gasteiger charge is -2.32. The number of hydrogen-bond donors (Lipinski definition) is 4. The Hall–Kier alpha value is -3.59. The minimum absolute atomic E-state index is 0.136. The highest BCUT2D eigenvalue weighted by Gasteiger charge is 2.20. The van der Waals surface area contributed by atoms with Crippen molar-refractivity contribution in [2.75, 3.05) is 25.0 Å². The predicted octanol–water partition coefficient (Wildman–Crippen LogP) is 3.63. The van der Waals surface area contributed by atoms with Crippen LogP contribution in [0.5, 0.6) is 0 Å². The van der Waals surface area contributed by atoms with Gasteiger partial charge in [0.1, 0.15) is 0 Å². The van der Waals surface area contributed by atoms with Crippen molar-refractivity contribution in [3.05, 3.63) is 101 Å². The van der Waals surface area contributed by atoms with Crippen LogP contribution in [0.2, 0.25) is 0 Å². The summed E-state index contributed by atoms with van der Waals surface area (Å²) >= 11 is -1.51. The molecule has 0 aromatic heterocycles. The molecule has 1 atom stereocenters. The highest BCUT2D eigenvalue weighted by molar-refractivity contribution is 7.89. The Morgan fingerprint density at radius 3 is 2.53 bits per heavy atom. The van der Waals surface area contributed by atoms with Gasteiger partial charge in [0.15, 0.2) is 4.90 Å². The molecular formula is C28H31N5O2S. The third-order valence-electron chi connectivity index (χ3n) is 6.33. The number of nitrogens with two attached hydrogens (primary N) is 1. The molecule has 0 saturated heterocycles. The van der Waals surface area contributed by atoms with Crippen molar-refractivity contribution < 1.29 is 9.35 Å². The average Bonchev–Trinajstić information content (AvgIpc) is 2.92. The van der Waals surface area contributed by atoms with Crippen LogP contribution in [0.15, 0.2) is 83.3 Å². The largest absolute Gasteiger partial charge is 0.593 e. The molecule has 0 fully saturated rings. The van der Waals surface area contributed by atoms with Gasteiger partial charge in [-0.05, 0) is 59.9 Å². The highest BCUT2D eigenvalue weighted by Crippen LogP contribution is 2.29. The maximum absolute atomic E-state index is 12.8. The van der Waals surface area contributed by atoms with Crippen molar-refractivity contribution >= 4 is 34.9 Å². The lowest BCUT2D eigenvalue weighted by Crippen LogP contribution is -2.33. The van der Waals surface area contributed by atoms with E-state index in [0.717, 1.165) is 53.0 Å². The molecule has 1 aliphatic heterocycles. The summed E-state index contributed by atoms with van der Waals surface area (Å²) in [5.74, 6) is -0.136. The fourth-order valence-electron chi connectivity index (χ4n) is 4.50. The van der Waals surface area contributed by atoms with E-state index in [0.29, 0.717) is 23.5 Å². The van der Waals surface area contributed by atoms with Gasteiger partial charge in [0.25, 0.3) is 5.91 Å². The van der Waals surface area contributed by atoms with E-state index in [2.05, 4.69) is 15.5 Å². The third-order valence-corrected chi connectivity index (χ3v) is 7.07. The van der Waals surface area contributed by atoms with Crippen LogP contribution in [0.25, 0.3) is 5.70 Å². The topological polar surface area (TPSA) is 117 Å². The fourth-order valence-corrected chi connectivity index (χ4v) is 4.91. The minimum Gasteiger partial charge on any atom is -0.593 e. The molecular weight excluding hydrogens is 470 g/mol. The molecule has 7 nitrogen and oxygen atoms in total. The first-order valence-electron chi connectivity index (χ1n) is 11.9. The Balaban J connectivity index is 1.48. The Kier molecular flexibility index (Phi) is 8.43. The van der Waals surface area contributed by atoms with Gasteiger partial charge in [-0.25, -0.2) is 0 Å². The van der Waals surface area contributed by atoms with Gasteiger partial charge in [-0.3, -0.25) is 4.79 Å². The Bertz CT molecular complexity index is 1240. The summed E-state index contributed by atoms with van der Waals surface area (Å²) in [6.07, 6.45) is 3.32. The Labute approximate surface area is 215 Å². The molecule has 5 N–H and O–H groups in total. The maximum atomic E-state index is 12.8. The zero-order valence-electron chi connectivity index (χ0n) is 20.3. The summed E-state index contributed by atoms with van der Waals surface area (Å²) < 4.78 is 11.3. The van der Waals surface area contributed by atoms with Crippen LogP contribution in [-0.4, -0.2) is 36.8 Å². The normalized spacial score (nSPS) is 14.4. The maximum Gasteiger partial charge on any atom is 0.251 e. The first kappa shape index (κ1) is 25.5. The standard InChI is InChI=1S/C28H31N5O2S/c1-31-27(21-6-3-2-4-7-21)24(17-29)19-33-15-5-8-22-16-23(11-14-26(22)33)28(34)32-18-20-9-12-25(13-10-20)36(30)35/h2-4,6-7,9-14,16-17,29,31H,5,8,15,18-19,30H2,1H3,(H,32,34)/b27-24+,29-17?. The molecule has 4 rings (SSSR count). The summed E-state index contributed by atoms with van der Waals surface area (Å²) in [6.45, 7) is 1.88. The summed E-state index contributed by atoms with van der Waals surface area (Å²) in [7, 11) is 1.88. The van der Waals surface area contributed by atoms with Crippen LogP contribution in [0, 0.1) is 5.41 Å². The van der Waals surface area contributed by atoms with Crippen LogP contribution in [0.4, 0.5) is 5.69 Å². The number of carbonyl (C=O) groups is 1. The zero-order chi connectivity index (χ0) is 25.5. The monoisotopic (exact) mass is 501 g/mol. The van der Waals surface area contributed by atoms with Gasteiger partial charge in [0.2, 0.25) is 0 Å². The van der Waals surface area contributed by atoms with Gasteiger partial charge in [-0.15, -0.1) is 5.14 Å². The molecule has 186 valence electrons. The molecule has 3 aromatic carbocycles. The fraction of sp³-hybridized carbons (Fsp3) is 0.214. The van der Waals surface area contributed by atoms with E-state index in [-0.39, 0.29) is 5.91 Å². The van der Waals surface area contributed by atoms with Gasteiger partial charge in [-0.2, -0.15) is 0 Å². The van der Waals surface area contributed by atoms with Gasteiger partial charge >= 0.3 is 0 Å². The van der Waals surface area contributed by atoms with Gasteiger partial charge in [0.05, 0.1) is 11.4 Å². The lowest BCUT2D eigenvalue weighted by atomic mass is 9.97. The number of aryl methyl sites for hydroxylation is 1. The first-order chi connectivity index (χ1) is 17.5. The van der Waals surface area contributed by atoms with Gasteiger partial charge in [-0.1, -0.05) is 42.5 Å². The van der Waals surface area contributed by atoms with Gasteiger partial charge < -0.3 is 25.5 Å². The molecule has 0 spiro atoms. The molecule has 3 aromatic rings. The SMILES string of the molecule is CN/C(=C(\C=N)CN1CCCc2cc(C(=O)NCc3ccc([S+](N)[O-])cc3)ccc21)c1ccccc1. The number of benzene rings is 3. The molecule has 1 heterocycles. The summed E-state index contributed by atoms with van der Waals surface area (Å²) in [5.41, 5.74) is 6.67. The number of anilines is 1. The predicted molar refractivity (Wildman–Crippen MR) is 146 cm³/mol. The van der Waals surface area contributed by atoms with E-state index in [1.807, 2.05) is 67.7 Å². The van der Waals surface area contributed by atoms with E-state index in [1.165, 1.54) is 6.21 Å². The van der Waals surface area contributed by atoms with Crippen molar-refractivity contribution in [1.82, 2.24) is 10.6 Å². The summed E-state index contributed by atoms with van der Waals surface area (Å²) in [5, 5.41) is 19.7. The Morgan fingerprint density at radius 1 is 1.11 bits per heavy atom. The van der Waals surface area contributed by atoms with E-state index in [1.54, 1.807) is 12.1 Å². The molecule has 0 saturated carbocycles. The molecule has 0 radical (unpaired) electrons. The molecule has 1 aliphatic rings. The second kappa shape index (κ2) is 11.9. The number of nitrogens with zero attached hydrogens (tertiary/aromatic N) is 1. The van der Waals surface area contributed by atoms with E-state index in [9.17, 15) is 9.35 Å². The first-order valence-corrected chi connectivity index (χ1v) is 13.1. The van der Waals surface area contributed by atoms with Gasteiger partial charge in [0, 0.05) is 55.4 Å². The smallest absolute Gasteiger partial charge is 0.251 e. The van der Waals surface area contributed by atoms with E-state index < -0.39 is 11.4 Å². The molecule has 8 heteroatoms. The molecule has 0 bridgehead atoms. The molecule has 1 amide bonds. The van der Waals surface area contributed by atoms with E-state index >= 15 is 0 Å². The summed E-state index contributed by atoms with van der Waals surface area (Å²) in [4.78, 5) is 15.7. The van der Waals surface area contributed by atoms with Crippen molar-refractivity contribution in [3.8, 4) is 0 Å². The van der Waals surface area contributed by atoms with Crippen LogP contribution in [0.3, 0.4) is 0 Å². The summed E-state index contributed by atoms with van der Waals surface area (Å²) in [6, 6.07) is 22.9. The van der Waals surface area contributed by atoms with Crippen molar-refractivity contribution in [2.24, 2.45) is 5.14 Å². The third kappa shape index (κ3) is 5.96. The van der Waals surface area contributed by atoms with Crippen molar-refractivity contribution in [2.45, 2.75) is 24.3 Å². The van der Waals surface area contributed by atoms with Crippen molar-refractivity contribution in [3.63, 3.8) is 0 Å². The number of amides is 1. The van der Waals surface area contributed by atoms with E-state index in [4.69, 9.17) is 10.5 Å². The molecule has 0 aliphatic carbocycles. The highest BCUT2D eigenvalue weighted by atomic mass is 32.2. The molecule has 1 unspecified atom stereocenters. The number of carbonyl (C=O) groups excluding carboxylic acids is 1. The average molecular weight is 502 g/mol. The van der Waals surface area contributed by atoms with Crippen LogP contribution in [-0.2, 0) is 24.3 Å². The Morgan fingerprint density at radius 2 is 1.86 bits per heavy atom. The molecule has 36 heavy (non-hydrogen) atoms. The number of rotatable bonds is 9. The van der Waals surface area contributed by atoms with Crippen LogP contribution >= 0.6 is 0 Å². The number of hydrogen-bond acceptors (Lipinski definition) is 6. The quantitative estimate of drug-likeness (QED) is 0.264.